The van der Waals surface area contributed by atoms with Gasteiger partial charge in [0.15, 0.2) is 12.4 Å². The van der Waals surface area contributed by atoms with Crippen molar-refractivity contribution in [2.75, 3.05) is 7.11 Å². The van der Waals surface area contributed by atoms with Gasteiger partial charge in [0.25, 0.3) is 0 Å². The predicted molar refractivity (Wildman–Crippen MR) is 51.9 cm³/mol. The Balaban J connectivity index is 2.14. The number of aromatic nitrogens is 3. The van der Waals surface area contributed by atoms with E-state index in [2.05, 4.69) is 14.9 Å². The number of carbonyl (C=O) groups excluding carboxylic acids is 1. The van der Waals surface area contributed by atoms with Crippen molar-refractivity contribution in [3.8, 4) is 11.5 Å². The van der Waals surface area contributed by atoms with E-state index < -0.39 is 0 Å². The van der Waals surface area contributed by atoms with Gasteiger partial charge >= 0.3 is 5.97 Å². The summed E-state index contributed by atoms with van der Waals surface area (Å²) in [5, 5.41) is 7.36. The first-order chi connectivity index (χ1) is 7.79. The first-order valence-electron chi connectivity index (χ1n) is 4.62. The van der Waals surface area contributed by atoms with Crippen LogP contribution in [0.4, 0.5) is 0 Å². The number of methoxy groups -OCH3 is 1. The highest BCUT2D eigenvalue weighted by Crippen LogP contribution is 2.12. The molecule has 6 heteroatoms. The maximum absolute atomic E-state index is 11.0. The smallest absolute Gasteiger partial charge is 0.372 e. The van der Waals surface area contributed by atoms with Crippen LogP contribution >= 0.6 is 0 Å². The van der Waals surface area contributed by atoms with E-state index in [1.165, 1.54) is 13.5 Å². The van der Waals surface area contributed by atoms with Crippen LogP contribution in [0, 0.1) is 0 Å². The van der Waals surface area contributed by atoms with Crippen molar-refractivity contribution in [1.29, 1.82) is 0 Å². The van der Waals surface area contributed by atoms with Gasteiger partial charge in [0, 0.05) is 12.1 Å². The maximum atomic E-state index is 11.0. The molecule has 0 aliphatic carbocycles. The lowest BCUT2D eigenvalue weighted by Gasteiger charge is -1.96. The maximum Gasteiger partial charge on any atom is 0.372 e. The number of nitrogens with zero attached hydrogens (tertiary/aromatic N) is 3. The molecular weight excluding hydrogens is 210 g/mol. The zero-order valence-corrected chi connectivity index (χ0v) is 8.66. The van der Waals surface area contributed by atoms with Crippen molar-refractivity contribution < 1.29 is 18.5 Å². The molecule has 0 aliphatic rings. The molecule has 6 nitrogen and oxygen atoms in total. The van der Waals surface area contributed by atoms with Gasteiger partial charge in [-0.2, -0.15) is 4.57 Å². The van der Waals surface area contributed by atoms with Gasteiger partial charge in [0.05, 0.1) is 12.7 Å². The zero-order chi connectivity index (χ0) is 11.4. The van der Waals surface area contributed by atoms with Crippen LogP contribution < -0.4 is 4.57 Å². The normalized spacial score (nSPS) is 10.1. The zero-order valence-electron chi connectivity index (χ0n) is 8.66. The Labute approximate surface area is 91.5 Å². The molecule has 16 heavy (non-hydrogen) atoms. The third-order valence-electron chi connectivity index (χ3n) is 2.04. The van der Waals surface area contributed by atoms with E-state index in [1.54, 1.807) is 29.1 Å². The number of hydrogen-bond donors (Lipinski definition) is 0. The molecule has 2 aromatic heterocycles. The molecule has 0 saturated carbocycles. The molecule has 0 unspecified atom stereocenters. The molecule has 0 aliphatic heterocycles. The second-order valence-electron chi connectivity index (χ2n) is 3.08. The van der Waals surface area contributed by atoms with E-state index in [1.807, 2.05) is 0 Å². The van der Waals surface area contributed by atoms with Crippen molar-refractivity contribution in [3.05, 3.63) is 30.9 Å². The van der Waals surface area contributed by atoms with Crippen molar-refractivity contribution >= 4 is 5.97 Å². The monoisotopic (exact) mass is 220 g/mol. The van der Waals surface area contributed by atoms with Crippen molar-refractivity contribution in [1.82, 2.24) is 10.2 Å². The van der Waals surface area contributed by atoms with Crippen molar-refractivity contribution in [2.24, 2.45) is 0 Å². The first-order valence-corrected chi connectivity index (χ1v) is 4.62. The molecule has 0 spiro atoms. The van der Waals surface area contributed by atoms with Gasteiger partial charge in [-0.05, 0) is 0 Å². The van der Waals surface area contributed by atoms with E-state index in [0.717, 1.165) is 5.56 Å². The van der Waals surface area contributed by atoms with Crippen molar-refractivity contribution in [2.45, 2.75) is 6.54 Å². The van der Waals surface area contributed by atoms with Gasteiger partial charge in [-0.3, -0.25) is 0 Å². The largest absolute Gasteiger partial charge is 0.464 e. The Morgan fingerprint density at radius 2 is 2.25 bits per heavy atom. The lowest BCUT2D eigenvalue weighted by Crippen LogP contribution is -2.37. The summed E-state index contributed by atoms with van der Waals surface area (Å²) in [5.41, 5.74) is 0.804. The standard InChI is InChI=1S/C10H10N3O3/c1-15-9(14)6-13-4-2-8(3-5-13)10-12-11-7-16-10/h2-5,7H,6H2,1H3/q+1. The van der Waals surface area contributed by atoms with Crippen LogP contribution in [0.2, 0.25) is 0 Å². The average molecular weight is 220 g/mol. The van der Waals surface area contributed by atoms with E-state index in [-0.39, 0.29) is 12.5 Å². The topological polar surface area (TPSA) is 69.1 Å². The molecule has 0 atom stereocenters. The highest BCUT2D eigenvalue weighted by molar-refractivity contribution is 5.67. The van der Waals surface area contributed by atoms with Crippen LogP contribution in [-0.2, 0) is 16.1 Å². The SMILES string of the molecule is COC(=O)C[n+]1ccc(-c2nnco2)cc1. The van der Waals surface area contributed by atoms with E-state index in [0.29, 0.717) is 5.89 Å². The van der Waals surface area contributed by atoms with Gasteiger partial charge < -0.3 is 9.15 Å². The predicted octanol–water partition coefficient (Wildman–Crippen LogP) is 0.197. The summed E-state index contributed by atoms with van der Waals surface area (Å²) in [4.78, 5) is 11.0. The Kier molecular flexibility index (Phi) is 2.90. The Bertz CT molecular complexity index is 465. The molecular formula is C10H10N3O3+. The van der Waals surface area contributed by atoms with Gasteiger partial charge in [0.1, 0.15) is 0 Å². The summed E-state index contributed by atoms with van der Waals surface area (Å²) in [6, 6.07) is 3.58. The Hall–Kier alpha value is -2.24. The Morgan fingerprint density at radius 1 is 1.50 bits per heavy atom. The van der Waals surface area contributed by atoms with Crippen LogP contribution in [0.25, 0.3) is 11.5 Å². The summed E-state index contributed by atoms with van der Waals surface area (Å²) >= 11 is 0. The average Bonchev–Trinajstić information content (AvgIpc) is 2.83. The minimum atomic E-state index is -0.296. The number of esters is 1. The minimum Gasteiger partial charge on any atom is -0.464 e. The summed E-state index contributed by atoms with van der Waals surface area (Å²) in [6.07, 6.45) is 4.76. The van der Waals surface area contributed by atoms with E-state index in [9.17, 15) is 4.79 Å². The van der Waals surface area contributed by atoms with E-state index >= 15 is 0 Å². The summed E-state index contributed by atoms with van der Waals surface area (Å²) < 4.78 is 11.3. The number of pyridine rings is 1. The molecule has 0 radical (unpaired) electrons. The molecule has 2 heterocycles. The summed E-state index contributed by atoms with van der Waals surface area (Å²) in [5.74, 6) is 0.153. The number of rotatable bonds is 3. The molecule has 0 aromatic carbocycles. The van der Waals surface area contributed by atoms with Gasteiger partial charge in [-0.15, -0.1) is 10.2 Å². The number of hydrogen-bond acceptors (Lipinski definition) is 5. The van der Waals surface area contributed by atoms with E-state index in [4.69, 9.17) is 4.42 Å². The lowest BCUT2D eigenvalue weighted by molar-refractivity contribution is -0.685. The fourth-order valence-electron chi connectivity index (χ4n) is 1.22. The van der Waals surface area contributed by atoms with Crippen LogP contribution in [-0.4, -0.2) is 23.3 Å². The van der Waals surface area contributed by atoms with Gasteiger partial charge in [-0.25, -0.2) is 4.79 Å². The molecule has 0 saturated heterocycles. The molecule has 2 aromatic rings. The number of ether oxygens (including phenoxy) is 1. The molecule has 0 amide bonds. The summed E-state index contributed by atoms with van der Waals surface area (Å²) in [6.45, 7) is 0.181. The fraction of sp³-hybridized carbons (Fsp3) is 0.200. The van der Waals surface area contributed by atoms with Crippen LogP contribution in [0.5, 0.6) is 0 Å². The lowest BCUT2D eigenvalue weighted by atomic mass is 10.3. The highest BCUT2D eigenvalue weighted by atomic mass is 16.5. The molecule has 0 N–H and O–H groups in total. The third kappa shape index (κ3) is 2.22. The molecule has 2 rings (SSSR count). The van der Waals surface area contributed by atoms with Crippen LogP contribution in [0.15, 0.2) is 35.3 Å². The summed E-state index contributed by atoms with van der Waals surface area (Å²) in [7, 11) is 1.36. The molecule has 0 bridgehead atoms. The minimum absolute atomic E-state index is 0.181. The molecule has 82 valence electrons. The highest BCUT2D eigenvalue weighted by Gasteiger charge is 2.10. The quantitative estimate of drug-likeness (QED) is 0.545. The second kappa shape index (κ2) is 4.52. The van der Waals surface area contributed by atoms with Gasteiger partial charge in [0.2, 0.25) is 18.8 Å². The second-order valence-corrected chi connectivity index (χ2v) is 3.08. The first kappa shape index (κ1) is 10.3. The number of carbonyl (C=O) groups is 1. The molecule has 0 fully saturated rings. The fourth-order valence-corrected chi connectivity index (χ4v) is 1.22. The van der Waals surface area contributed by atoms with Gasteiger partial charge in [-0.1, -0.05) is 0 Å². The Morgan fingerprint density at radius 3 is 2.81 bits per heavy atom. The van der Waals surface area contributed by atoms with Crippen LogP contribution in [0.3, 0.4) is 0 Å². The third-order valence-corrected chi connectivity index (χ3v) is 2.04. The van der Waals surface area contributed by atoms with Crippen LogP contribution in [0.1, 0.15) is 0 Å². The van der Waals surface area contributed by atoms with Crippen molar-refractivity contribution in [3.63, 3.8) is 0 Å².